The van der Waals surface area contributed by atoms with Gasteiger partial charge in [-0.1, -0.05) is 19.9 Å². The number of aryl methyl sites for hydroxylation is 1. The van der Waals surface area contributed by atoms with Crippen LogP contribution in [0.5, 0.6) is 5.75 Å². The lowest BCUT2D eigenvalue weighted by Gasteiger charge is -2.33. The molecule has 1 aliphatic rings. The maximum atomic E-state index is 11.0. The van der Waals surface area contributed by atoms with Crippen molar-refractivity contribution < 1.29 is 15.0 Å². The van der Waals surface area contributed by atoms with Crippen molar-refractivity contribution in [3.8, 4) is 5.75 Å². The third kappa shape index (κ3) is 2.91. The van der Waals surface area contributed by atoms with Crippen molar-refractivity contribution in [3.63, 3.8) is 0 Å². The van der Waals surface area contributed by atoms with Gasteiger partial charge in [0, 0.05) is 17.6 Å². The summed E-state index contributed by atoms with van der Waals surface area (Å²) in [7, 11) is 0. The van der Waals surface area contributed by atoms with Gasteiger partial charge in [0.15, 0.2) is 0 Å². The summed E-state index contributed by atoms with van der Waals surface area (Å²) in [5.74, 6) is -0.0465. The van der Waals surface area contributed by atoms with E-state index in [1.54, 1.807) is 6.07 Å². The molecule has 0 aromatic heterocycles. The highest BCUT2D eigenvalue weighted by Crippen LogP contribution is 2.49. The van der Waals surface area contributed by atoms with E-state index in [4.69, 9.17) is 5.11 Å². The van der Waals surface area contributed by atoms with Crippen LogP contribution in [0.3, 0.4) is 0 Å². The van der Waals surface area contributed by atoms with Gasteiger partial charge >= 0.3 is 5.97 Å². The smallest absolute Gasteiger partial charge is 0.304 e. The highest BCUT2D eigenvalue weighted by atomic mass is 16.4. The molecule has 3 atom stereocenters. The third-order valence-electron chi connectivity index (χ3n) is 4.69. The summed E-state index contributed by atoms with van der Waals surface area (Å²) in [5, 5.41) is 19.4. The van der Waals surface area contributed by atoms with E-state index in [-0.39, 0.29) is 18.5 Å². The topological polar surface area (TPSA) is 60.8 Å². The second kappa shape index (κ2) is 6.06. The van der Waals surface area contributed by atoms with Gasteiger partial charge in [-0.25, -0.2) is 0 Å². The minimum absolute atomic E-state index is 0.0458. The van der Waals surface area contributed by atoms with E-state index in [0.29, 0.717) is 11.7 Å². The zero-order valence-corrected chi connectivity index (χ0v) is 13.3. The maximum Gasteiger partial charge on any atom is 0.304 e. The fourth-order valence-electron chi connectivity index (χ4n) is 3.82. The van der Waals surface area contributed by atoms with E-state index in [9.17, 15) is 9.90 Å². The normalized spacial score (nSPS) is 22.3. The van der Waals surface area contributed by atoms with Crippen LogP contribution in [0.4, 0.5) is 0 Å². The van der Waals surface area contributed by atoms with Gasteiger partial charge in [0.1, 0.15) is 5.75 Å². The quantitative estimate of drug-likeness (QED) is 0.872. The van der Waals surface area contributed by atoms with Crippen molar-refractivity contribution in [1.29, 1.82) is 0 Å². The first-order valence-electron chi connectivity index (χ1n) is 7.66. The SMILES string of the molecule is CCN(C(C)CC(=O)O)C1CC(C)c2c(C)ccc(O)c21. The van der Waals surface area contributed by atoms with Crippen molar-refractivity contribution in [2.45, 2.75) is 58.5 Å². The number of carbonyl (C=O) groups is 1. The summed E-state index contributed by atoms with van der Waals surface area (Å²) in [4.78, 5) is 13.2. The van der Waals surface area contributed by atoms with Gasteiger partial charge in [-0.15, -0.1) is 0 Å². The number of hydrogen-bond acceptors (Lipinski definition) is 3. The number of phenols is 1. The molecule has 4 heteroatoms. The number of carboxylic acids is 1. The minimum Gasteiger partial charge on any atom is -0.508 e. The van der Waals surface area contributed by atoms with E-state index in [1.165, 1.54) is 11.1 Å². The second-order valence-electron chi connectivity index (χ2n) is 6.16. The Kier molecular flexibility index (Phi) is 4.57. The molecule has 2 rings (SSSR count). The average Bonchev–Trinajstić information content (AvgIpc) is 2.73. The molecule has 21 heavy (non-hydrogen) atoms. The number of nitrogens with zero attached hydrogens (tertiary/aromatic N) is 1. The largest absolute Gasteiger partial charge is 0.508 e. The number of benzene rings is 1. The van der Waals surface area contributed by atoms with Crippen LogP contribution in [-0.4, -0.2) is 33.7 Å². The molecule has 0 spiro atoms. The predicted molar refractivity (Wildman–Crippen MR) is 82.7 cm³/mol. The summed E-state index contributed by atoms with van der Waals surface area (Å²) in [5.41, 5.74) is 3.45. The first kappa shape index (κ1) is 15.8. The van der Waals surface area contributed by atoms with E-state index >= 15 is 0 Å². The first-order chi connectivity index (χ1) is 9.86. The van der Waals surface area contributed by atoms with Crippen LogP contribution in [0.1, 0.15) is 62.3 Å². The van der Waals surface area contributed by atoms with E-state index in [2.05, 4.69) is 18.7 Å². The van der Waals surface area contributed by atoms with Crippen molar-refractivity contribution in [2.24, 2.45) is 0 Å². The molecule has 0 radical (unpaired) electrons. The second-order valence-corrected chi connectivity index (χ2v) is 6.16. The lowest BCUT2D eigenvalue weighted by atomic mass is 9.97. The zero-order valence-electron chi connectivity index (χ0n) is 13.3. The molecule has 0 saturated heterocycles. The van der Waals surface area contributed by atoms with Gasteiger partial charge in [-0.2, -0.15) is 0 Å². The van der Waals surface area contributed by atoms with E-state index in [0.717, 1.165) is 18.5 Å². The molecule has 1 aromatic carbocycles. The van der Waals surface area contributed by atoms with Gasteiger partial charge in [0.05, 0.1) is 6.42 Å². The number of carboxylic acid groups (broad SMARTS) is 1. The third-order valence-corrected chi connectivity index (χ3v) is 4.69. The minimum atomic E-state index is -0.777. The Balaban J connectivity index is 2.39. The van der Waals surface area contributed by atoms with E-state index < -0.39 is 5.97 Å². The fraction of sp³-hybridized carbons (Fsp3) is 0.588. The summed E-state index contributed by atoms with van der Waals surface area (Å²) >= 11 is 0. The lowest BCUT2D eigenvalue weighted by Crippen LogP contribution is -2.37. The Hall–Kier alpha value is -1.55. The average molecular weight is 291 g/mol. The predicted octanol–water partition coefficient (Wildman–Crippen LogP) is 3.43. The molecule has 2 N–H and O–H groups in total. The van der Waals surface area contributed by atoms with Crippen molar-refractivity contribution in [3.05, 3.63) is 28.8 Å². The van der Waals surface area contributed by atoms with Crippen molar-refractivity contribution >= 4 is 5.97 Å². The molecule has 0 saturated carbocycles. The Labute approximate surface area is 126 Å². The summed E-state index contributed by atoms with van der Waals surface area (Å²) < 4.78 is 0. The number of aliphatic carboxylic acids is 1. The molecule has 0 fully saturated rings. The Morgan fingerprint density at radius 1 is 1.43 bits per heavy atom. The monoisotopic (exact) mass is 291 g/mol. The molecular weight excluding hydrogens is 266 g/mol. The number of rotatable bonds is 5. The van der Waals surface area contributed by atoms with Crippen LogP contribution in [-0.2, 0) is 4.79 Å². The Morgan fingerprint density at radius 2 is 2.10 bits per heavy atom. The van der Waals surface area contributed by atoms with Crippen LogP contribution < -0.4 is 0 Å². The molecule has 4 nitrogen and oxygen atoms in total. The van der Waals surface area contributed by atoms with Gasteiger partial charge in [0.25, 0.3) is 0 Å². The molecule has 0 amide bonds. The van der Waals surface area contributed by atoms with Crippen LogP contribution >= 0.6 is 0 Å². The molecule has 3 unspecified atom stereocenters. The van der Waals surface area contributed by atoms with Gasteiger partial charge in [0.2, 0.25) is 0 Å². The maximum absolute atomic E-state index is 11.0. The van der Waals surface area contributed by atoms with Crippen LogP contribution in [0, 0.1) is 6.92 Å². The molecular formula is C17H25NO3. The Bertz CT molecular complexity index is 541. The lowest BCUT2D eigenvalue weighted by molar-refractivity contribution is -0.138. The number of phenolic OH excluding ortho intramolecular Hbond substituents is 1. The Morgan fingerprint density at radius 3 is 2.67 bits per heavy atom. The van der Waals surface area contributed by atoms with Gasteiger partial charge in [-0.05, 0) is 49.9 Å². The molecule has 0 aliphatic heterocycles. The standard InChI is InChI=1S/C17H25NO3/c1-5-18(12(4)9-15(20)21)13-8-11(3)16-10(2)6-7-14(19)17(13)16/h6-7,11-13,19H,5,8-9H2,1-4H3,(H,20,21). The summed E-state index contributed by atoms with van der Waals surface area (Å²) in [6, 6.07) is 3.78. The van der Waals surface area contributed by atoms with Crippen LogP contribution in [0.15, 0.2) is 12.1 Å². The molecule has 116 valence electrons. The molecule has 0 bridgehead atoms. The van der Waals surface area contributed by atoms with Crippen LogP contribution in [0.2, 0.25) is 0 Å². The molecule has 1 aromatic rings. The highest BCUT2D eigenvalue weighted by molar-refractivity contribution is 5.67. The highest BCUT2D eigenvalue weighted by Gasteiger charge is 2.37. The fourth-order valence-corrected chi connectivity index (χ4v) is 3.82. The van der Waals surface area contributed by atoms with Crippen LogP contribution in [0.25, 0.3) is 0 Å². The molecule has 0 heterocycles. The number of fused-ring (bicyclic) bond motifs is 1. The summed E-state index contributed by atoms with van der Waals surface area (Å²) in [6.07, 6.45) is 1.06. The van der Waals surface area contributed by atoms with E-state index in [1.807, 2.05) is 19.9 Å². The zero-order chi connectivity index (χ0) is 15.7. The van der Waals surface area contributed by atoms with Gasteiger partial charge < -0.3 is 10.2 Å². The van der Waals surface area contributed by atoms with Gasteiger partial charge in [-0.3, -0.25) is 9.69 Å². The number of aromatic hydroxyl groups is 1. The number of hydrogen-bond donors (Lipinski definition) is 2. The first-order valence-corrected chi connectivity index (χ1v) is 7.66. The van der Waals surface area contributed by atoms with Crippen molar-refractivity contribution in [1.82, 2.24) is 4.90 Å². The van der Waals surface area contributed by atoms with Crippen molar-refractivity contribution in [2.75, 3.05) is 6.54 Å². The summed E-state index contributed by atoms with van der Waals surface area (Å²) in [6.45, 7) is 9.04. The molecule has 1 aliphatic carbocycles.